The Morgan fingerprint density at radius 2 is 1.01 bits per heavy atom. The Kier molecular flexibility index (Phi) is 16.1. The topological polar surface area (TPSA) is 152 Å². The van der Waals surface area contributed by atoms with Crippen LogP contribution in [0.15, 0.2) is 151 Å². The predicted octanol–water partition coefficient (Wildman–Crippen LogP) is 11.4. The van der Waals surface area contributed by atoms with Gasteiger partial charge in [-0.05, 0) is 168 Å². The summed E-state index contributed by atoms with van der Waals surface area (Å²) in [6.45, 7) is 11.8. The van der Waals surface area contributed by atoms with Gasteiger partial charge >= 0.3 is 7.12 Å². The molecule has 11 rings (SSSR count). The van der Waals surface area contributed by atoms with Gasteiger partial charge in [0.05, 0.1) is 59.2 Å². The normalized spacial score (nSPS) is 13.9. The molecule has 0 aliphatic carbocycles. The number of hydrogen-bond acceptors (Lipinski definition) is 12. The molecule has 0 saturated carbocycles. The molecule has 0 atom stereocenters. The molecule has 0 radical (unpaired) electrons. The van der Waals surface area contributed by atoms with E-state index in [1.807, 2.05) is 91.6 Å². The monoisotopic (exact) mass is 1050 g/mol. The first-order valence-electron chi connectivity index (χ1n) is 24.8. The molecule has 9 heterocycles. The van der Waals surface area contributed by atoms with Crippen LogP contribution in [0.2, 0.25) is 0 Å². The van der Waals surface area contributed by atoms with E-state index in [4.69, 9.17) is 18.8 Å². The summed E-state index contributed by atoms with van der Waals surface area (Å²) >= 11 is 3.46. The fourth-order valence-electron chi connectivity index (χ4n) is 8.41. The van der Waals surface area contributed by atoms with Crippen molar-refractivity contribution in [3.05, 3.63) is 151 Å². The third-order valence-electron chi connectivity index (χ3n) is 13.2. The van der Waals surface area contributed by atoms with Crippen LogP contribution in [0.5, 0.6) is 11.5 Å². The average molecular weight is 1050 g/mol. The lowest BCUT2D eigenvalue weighted by molar-refractivity contribution is 0.00578. The van der Waals surface area contributed by atoms with Gasteiger partial charge in [-0.25, -0.2) is 9.97 Å². The number of ether oxygens (including phenoxy) is 2. The highest BCUT2D eigenvalue weighted by molar-refractivity contribution is 9.10. The van der Waals surface area contributed by atoms with Gasteiger partial charge in [-0.1, -0.05) is 24.3 Å². The Morgan fingerprint density at radius 1 is 0.527 bits per heavy atom. The summed E-state index contributed by atoms with van der Waals surface area (Å²) < 4.78 is 24.7. The molecule has 0 spiro atoms. The maximum Gasteiger partial charge on any atom is 0.494 e. The van der Waals surface area contributed by atoms with Crippen molar-refractivity contribution in [3.8, 4) is 45.1 Å². The molecule has 0 unspecified atom stereocenters. The van der Waals surface area contributed by atoms with Crippen molar-refractivity contribution in [1.82, 2.24) is 49.7 Å². The Hall–Kier alpha value is -7.08. The number of fused-ring (bicyclic) bond motifs is 6. The molecule has 8 aromatic heterocycles. The molecule has 1 aliphatic rings. The Labute approximate surface area is 441 Å². The van der Waals surface area contributed by atoms with E-state index in [-0.39, 0.29) is 18.3 Å². The van der Waals surface area contributed by atoms with Gasteiger partial charge in [-0.2, -0.15) is 0 Å². The summed E-state index contributed by atoms with van der Waals surface area (Å²) in [7, 11) is 7.97. The van der Waals surface area contributed by atoms with Crippen molar-refractivity contribution >= 4 is 72.4 Å². The standard InChI is InChI=1S/C26H25N5O.C17H28BNO3.C15H9BrN4/c1-31(2)11-4-12-32-21-8-6-18(7-9-21)20-13-23-22-14-24(19-5-3-10-27-15-19)28-17-25(22)30-26(23)29-16-20;1-16(2)17(3,4)22-18(21-16)14-8-10-15(11-9-14)20-13-7-12-19(5)6;16-10-4-12-11-5-13(9-2-1-3-17-6-9)18-8-14(11)20-15(12)19-7-10/h3,5-10,13-17H,4,11-12H2,1-2H3,(H,29,30);8-11H,7,12-13H2,1-6H3;1-8H,(H,19,20). The van der Waals surface area contributed by atoms with E-state index in [9.17, 15) is 0 Å². The van der Waals surface area contributed by atoms with E-state index in [2.05, 4.69) is 158 Å². The third-order valence-corrected chi connectivity index (χ3v) is 13.6. The molecule has 2 aromatic carbocycles. The van der Waals surface area contributed by atoms with E-state index in [1.165, 1.54) is 0 Å². The molecule has 1 fully saturated rings. The summed E-state index contributed by atoms with van der Waals surface area (Å²) in [4.78, 5) is 37.4. The van der Waals surface area contributed by atoms with Crippen molar-refractivity contribution in [2.75, 3.05) is 54.5 Å². The van der Waals surface area contributed by atoms with Crippen LogP contribution in [-0.2, 0) is 9.31 Å². The van der Waals surface area contributed by atoms with Gasteiger partial charge in [0.25, 0.3) is 0 Å². The maximum absolute atomic E-state index is 6.05. The number of pyridine rings is 6. The van der Waals surface area contributed by atoms with Crippen molar-refractivity contribution in [2.24, 2.45) is 0 Å². The number of aromatic amines is 2. The number of aromatic nitrogens is 8. The highest BCUT2D eigenvalue weighted by atomic mass is 79.9. The zero-order valence-corrected chi connectivity index (χ0v) is 44.9. The first-order valence-corrected chi connectivity index (χ1v) is 25.6. The van der Waals surface area contributed by atoms with Crippen LogP contribution in [0.4, 0.5) is 0 Å². The SMILES string of the molecule is Brc1cnc2[nH]c3cnc(-c4cccnc4)cc3c2c1.CN(C)CCCOc1ccc(-c2cnc3[nH]c4cnc(-c5cccnc5)cc4c3c2)cc1.CN(C)CCCOc1ccc(B2OC(C)(C)C(C)(C)O2)cc1. The van der Waals surface area contributed by atoms with Gasteiger partial charge in [-0.15, -0.1) is 0 Å². The number of halogens is 1. The third kappa shape index (κ3) is 12.5. The van der Waals surface area contributed by atoms with Gasteiger partial charge in [0, 0.05) is 93.0 Å². The van der Waals surface area contributed by atoms with Crippen molar-refractivity contribution < 1.29 is 18.8 Å². The van der Waals surface area contributed by atoms with E-state index >= 15 is 0 Å². The average Bonchev–Trinajstić information content (AvgIpc) is 4.04. The van der Waals surface area contributed by atoms with Crippen LogP contribution in [0.25, 0.3) is 77.5 Å². The minimum Gasteiger partial charge on any atom is -0.494 e. The molecule has 2 N–H and O–H groups in total. The Balaban J connectivity index is 0.000000141. The zero-order valence-electron chi connectivity index (χ0n) is 43.3. The predicted molar refractivity (Wildman–Crippen MR) is 302 cm³/mol. The molecule has 0 bridgehead atoms. The second-order valence-corrected chi connectivity index (χ2v) is 20.7. The van der Waals surface area contributed by atoms with Crippen LogP contribution in [0.1, 0.15) is 40.5 Å². The van der Waals surface area contributed by atoms with Gasteiger partial charge in [0.1, 0.15) is 22.8 Å². The molecule has 378 valence electrons. The number of nitrogens with one attached hydrogen (secondary N) is 2. The summed E-state index contributed by atoms with van der Waals surface area (Å²) in [5.74, 6) is 1.78. The largest absolute Gasteiger partial charge is 0.494 e. The minimum atomic E-state index is -0.312. The molecular weight excluding hydrogens is 991 g/mol. The smallest absolute Gasteiger partial charge is 0.494 e. The van der Waals surface area contributed by atoms with E-state index in [0.29, 0.717) is 6.61 Å². The highest BCUT2D eigenvalue weighted by Crippen LogP contribution is 2.37. The first kappa shape index (κ1) is 51.8. The van der Waals surface area contributed by atoms with Crippen LogP contribution in [0.3, 0.4) is 0 Å². The second-order valence-electron chi connectivity index (χ2n) is 19.8. The van der Waals surface area contributed by atoms with Crippen LogP contribution < -0.4 is 14.9 Å². The van der Waals surface area contributed by atoms with Crippen molar-refractivity contribution in [2.45, 2.75) is 51.7 Å². The number of nitrogens with zero attached hydrogens (tertiary/aromatic N) is 8. The van der Waals surface area contributed by atoms with Gasteiger partial charge in [-0.3, -0.25) is 19.9 Å². The fraction of sp³-hybridized carbons (Fsp3) is 0.276. The molecule has 0 amide bonds. The highest BCUT2D eigenvalue weighted by Gasteiger charge is 2.51. The molecule has 16 heteroatoms. The molecule has 14 nitrogen and oxygen atoms in total. The van der Waals surface area contributed by atoms with E-state index in [0.717, 1.165) is 131 Å². The van der Waals surface area contributed by atoms with Gasteiger partial charge in [0.15, 0.2) is 0 Å². The lowest BCUT2D eigenvalue weighted by atomic mass is 9.79. The summed E-state index contributed by atoms with van der Waals surface area (Å²) in [6, 6.07) is 32.5. The maximum atomic E-state index is 6.05. The lowest BCUT2D eigenvalue weighted by Gasteiger charge is -2.32. The number of hydrogen-bond donors (Lipinski definition) is 2. The summed E-state index contributed by atoms with van der Waals surface area (Å²) in [6.07, 6.45) is 16.6. The fourth-order valence-corrected chi connectivity index (χ4v) is 8.74. The molecule has 10 aromatic rings. The zero-order chi connectivity index (χ0) is 51.8. The number of rotatable bonds is 14. The van der Waals surface area contributed by atoms with Gasteiger partial charge in [0.2, 0.25) is 0 Å². The molecule has 74 heavy (non-hydrogen) atoms. The molecule has 1 aliphatic heterocycles. The first-order chi connectivity index (χ1) is 35.7. The number of benzene rings is 2. The molecular formula is C58H62BBrN10O4. The van der Waals surface area contributed by atoms with Crippen LogP contribution in [0, 0.1) is 0 Å². The minimum absolute atomic E-state index is 0.307. The summed E-state index contributed by atoms with van der Waals surface area (Å²) in [5, 5.41) is 4.38. The van der Waals surface area contributed by atoms with E-state index < -0.39 is 0 Å². The van der Waals surface area contributed by atoms with Crippen LogP contribution >= 0.6 is 15.9 Å². The lowest BCUT2D eigenvalue weighted by Crippen LogP contribution is -2.41. The van der Waals surface area contributed by atoms with Crippen LogP contribution in [-0.4, -0.2) is 122 Å². The van der Waals surface area contributed by atoms with E-state index in [1.54, 1.807) is 18.6 Å². The second kappa shape index (κ2) is 23.0. The Morgan fingerprint density at radius 3 is 1.50 bits per heavy atom. The van der Waals surface area contributed by atoms with Gasteiger partial charge < -0.3 is 38.6 Å². The quantitative estimate of drug-likeness (QED) is 0.0787. The van der Waals surface area contributed by atoms with Crippen molar-refractivity contribution in [1.29, 1.82) is 0 Å². The Bertz CT molecular complexity index is 3430. The summed E-state index contributed by atoms with van der Waals surface area (Å²) in [5.41, 5.74) is 10.1. The number of H-pyrrole nitrogens is 2. The van der Waals surface area contributed by atoms with Crippen molar-refractivity contribution in [3.63, 3.8) is 0 Å². The molecule has 1 saturated heterocycles.